The Hall–Kier alpha value is -1.07. The fourth-order valence-corrected chi connectivity index (χ4v) is 2.49. The number of carbonyl (C=O) groups is 2. The maximum absolute atomic E-state index is 11.7. The summed E-state index contributed by atoms with van der Waals surface area (Å²) in [5.41, 5.74) is -0.532. The van der Waals surface area contributed by atoms with Crippen LogP contribution < -0.4 is 10.6 Å². The average molecular weight is 304 g/mol. The molecule has 0 aliphatic carbocycles. The molecule has 1 aliphatic heterocycles. The van der Waals surface area contributed by atoms with Crippen LogP contribution in [0.3, 0.4) is 0 Å². The topological polar surface area (TPSA) is 58.2 Å². The zero-order valence-electron chi connectivity index (χ0n) is 8.30. The van der Waals surface area contributed by atoms with Gasteiger partial charge in [0.25, 0.3) is 5.91 Å². The van der Waals surface area contributed by atoms with Crippen molar-refractivity contribution in [3.05, 3.63) is 33.3 Å². The first-order chi connectivity index (χ1) is 7.43. The fraction of sp³-hybridized carbons (Fsp3) is 0.200. The second-order valence-corrected chi connectivity index (χ2v) is 4.98. The molecule has 2 N–H and O–H groups in total. The van der Waals surface area contributed by atoms with Gasteiger partial charge in [0.1, 0.15) is 5.54 Å². The van der Waals surface area contributed by atoms with Gasteiger partial charge in [-0.05, 0) is 19.1 Å². The van der Waals surface area contributed by atoms with E-state index in [1.165, 1.54) is 0 Å². The molecule has 4 nitrogen and oxygen atoms in total. The van der Waals surface area contributed by atoms with E-state index in [9.17, 15) is 9.59 Å². The molecule has 1 saturated heterocycles. The first-order valence-electron chi connectivity index (χ1n) is 4.52. The van der Waals surface area contributed by atoms with Crippen molar-refractivity contribution >= 4 is 39.5 Å². The molecular formula is C10H8BrClN2O2. The van der Waals surface area contributed by atoms with Crippen LogP contribution in [0.2, 0.25) is 5.02 Å². The van der Waals surface area contributed by atoms with Gasteiger partial charge in [0.15, 0.2) is 0 Å². The fourth-order valence-electron chi connectivity index (χ4n) is 1.63. The summed E-state index contributed by atoms with van der Waals surface area (Å²) >= 11 is 9.33. The summed E-state index contributed by atoms with van der Waals surface area (Å²) in [6, 6.07) is 4.65. The third-order valence-electron chi connectivity index (χ3n) is 2.51. The Morgan fingerprint density at radius 3 is 2.56 bits per heavy atom. The maximum Gasteiger partial charge on any atom is 0.322 e. The number of halogens is 2. The van der Waals surface area contributed by atoms with Crippen LogP contribution >= 0.6 is 27.5 Å². The number of urea groups is 1. The largest absolute Gasteiger partial charge is 0.322 e. The zero-order chi connectivity index (χ0) is 11.9. The number of nitrogens with one attached hydrogen (secondary N) is 2. The summed E-state index contributed by atoms with van der Waals surface area (Å²) in [6.07, 6.45) is 0. The zero-order valence-corrected chi connectivity index (χ0v) is 10.6. The Labute approximate surface area is 105 Å². The van der Waals surface area contributed by atoms with Crippen molar-refractivity contribution in [2.45, 2.75) is 12.5 Å². The van der Waals surface area contributed by atoms with E-state index in [1.807, 2.05) is 0 Å². The molecule has 1 aromatic rings. The van der Waals surface area contributed by atoms with Crippen molar-refractivity contribution < 1.29 is 9.59 Å². The van der Waals surface area contributed by atoms with Gasteiger partial charge >= 0.3 is 6.03 Å². The Morgan fingerprint density at radius 2 is 2.06 bits per heavy atom. The highest BCUT2D eigenvalue weighted by atomic mass is 79.9. The van der Waals surface area contributed by atoms with E-state index in [0.29, 0.717) is 10.6 Å². The van der Waals surface area contributed by atoms with E-state index >= 15 is 0 Å². The molecule has 0 radical (unpaired) electrons. The number of hydrogen-bond donors (Lipinski definition) is 2. The summed E-state index contributed by atoms with van der Waals surface area (Å²) in [6.45, 7) is 1.61. The van der Waals surface area contributed by atoms with Gasteiger partial charge in [0.2, 0.25) is 0 Å². The van der Waals surface area contributed by atoms with E-state index < -0.39 is 17.5 Å². The van der Waals surface area contributed by atoms with E-state index in [4.69, 9.17) is 11.6 Å². The molecule has 1 fully saturated rings. The summed E-state index contributed by atoms with van der Waals surface area (Å²) in [5, 5.41) is 5.17. The Bertz CT molecular complexity index is 492. The van der Waals surface area contributed by atoms with E-state index in [1.54, 1.807) is 25.1 Å². The van der Waals surface area contributed by atoms with Crippen molar-refractivity contribution in [1.29, 1.82) is 0 Å². The maximum atomic E-state index is 11.7. The summed E-state index contributed by atoms with van der Waals surface area (Å²) in [7, 11) is 0. The second-order valence-electron chi connectivity index (χ2n) is 3.66. The average Bonchev–Trinajstić information content (AvgIpc) is 2.40. The van der Waals surface area contributed by atoms with Crippen LogP contribution in [0.25, 0.3) is 0 Å². The van der Waals surface area contributed by atoms with Crippen LogP contribution in [-0.4, -0.2) is 11.9 Å². The van der Waals surface area contributed by atoms with Crippen molar-refractivity contribution in [1.82, 2.24) is 10.6 Å². The van der Waals surface area contributed by atoms with Crippen molar-refractivity contribution in [2.24, 2.45) is 0 Å². The van der Waals surface area contributed by atoms with Gasteiger partial charge in [-0.1, -0.05) is 33.6 Å². The number of hydrogen-bond acceptors (Lipinski definition) is 2. The standard InChI is InChI=1S/C10H8BrClN2O2/c1-10(8(15)13-9(16)14-10)6-3-2-5(11)4-7(6)12/h2-4H,1H3,(H2,13,14,15,16). The highest BCUT2D eigenvalue weighted by Gasteiger charge is 2.44. The first kappa shape index (κ1) is 11.4. The molecule has 84 valence electrons. The minimum absolute atomic E-state index is 0.401. The van der Waals surface area contributed by atoms with Gasteiger partial charge in [0, 0.05) is 15.1 Å². The summed E-state index contributed by atoms with van der Waals surface area (Å²) < 4.78 is 0.814. The first-order valence-corrected chi connectivity index (χ1v) is 5.70. The van der Waals surface area contributed by atoms with Gasteiger partial charge in [-0.2, -0.15) is 0 Å². The lowest BCUT2D eigenvalue weighted by atomic mass is 9.92. The van der Waals surface area contributed by atoms with E-state index in [-0.39, 0.29) is 0 Å². The number of imide groups is 1. The predicted molar refractivity (Wildman–Crippen MR) is 63.2 cm³/mol. The molecule has 1 aliphatic rings. The van der Waals surface area contributed by atoms with Gasteiger partial charge in [-0.25, -0.2) is 4.79 Å². The number of rotatable bonds is 1. The van der Waals surface area contributed by atoms with Crippen LogP contribution in [0.15, 0.2) is 22.7 Å². The molecule has 16 heavy (non-hydrogen) atoms. The minimum Gasteiger partial charge on any atom is -0.320 e. The summed E-state index contributed by atoms with van der Waals surface area (Å²) in [4.78, 5) is 22.8. The molecule has 1 aromatic carbocycles. The molecular weight excluding hydrogens is 295 g/mol. The van der Waals surface area contributed by atoms with Gasteiger partial charge in [-0.3, -0.25) is 10.1 Å². The molecule has 0 saturated carbocycles. The van der Waals surface area contributed by atoms with Gasteiger partial charge in [0.05, 0.1) is 0 Å². The lowest BCUT2D eigenvalue weighted by molar-refractivity contribution is -0.123. The molecule has 1 atom stereocenters. The van der Waals surface area contributed by atoms with Crippen LogP contribution in [0, 0.1) is 0 Å². The second kappa shape index (κ2) is 3.75. The van der Waals surface area contributed by atoms with Crippen LogP contribution in [-0.2, 0) is 10.3 Å². The smallest absolute Gasteiger partial charge is 0.320 e. The van der Waals surface area contributed by atoms with Crippen LogP contribution in [0.1, 0.15) is 12.5 Å². The Balaban J connectivity index is 2.51. The van der Waals surface area contributed by atoms with Crippen molar-refractivity contribution in [3.8, 4) is 0 Å². The molecule has 0 bridgehead atoms. The lowest BCUT2D eigenvalue weighted by Crippen LogP contribution is -2.40. The third-order valence-corrected chi connectivity index (χ3v) is 3.32. The third kappa shape index (κ3) is 1.70. The quantitative estimate of drug-likeness (QED) is 0.781. The van der Waals surface area contributed by atoms with E-state index in [2.05, 4.69) is 26.6 Å². The van der Waals surface area contributed by atoms with Crippen molar-refractivity contribution in [2.75, 3.05) is 0 Å². The molecule has 1 heterocycles. The van der Waals surface area contributed by atoms with Crippen LogP contribution in [0.5, 0.6) is 0 Å². The molecule has 2 rings (SSSR count). The number of carbonyl (C=O) groups excluding carboxylic acids is 2. The SMILES string of the molecule is CC1(c2ccc(Br)cc2Cl)NC(=O)NC1=O. The molecule has 6 heteroatoms. The van der Waals surface area contributed by atoms with Gasteiger partial charge in [-0.15, -0.1) is 0 Å². The Morgan fingerprint density at radius 1 is 1.38 bits per heavy atom. The van der Waals surface area contributed by atoms with E-state index in [0.717, 1.165) is 4.47 Å². The normalized spacial score (nSPS) is 24.2. The van der Waals surface area contributed by atoms with Crippen LogP contribution in [0.4, 0.5) is 4.79 Å². The Kier molecular flexibility index (Phi) is 2.67. The monoisotopic (exact) mass is 302 g/mol. The number of amides is 3. The van der Waals surface area contributed by atoms with Crippen molar-refractivity contribution in [3.63, 3.8) is 0 Å². The predicted octanol–water partition coefficient (Wildman–Crippen LogP) is 2.16. The minimum atomic E-state index is -1.10. The highest BCUT2D eigenvalue weighted by Crippen LogP contribution is 2.32. The van der Waals surface area contributed by atoms with Gasteiger partial charge < -0.3 is 5.32 Å². The molecule has 3 amide bonds. The lowest BCUT2D eigenvalue weighted by Gasteiger charge is -2.22. The molecule has 0 aromatic heterocycles. The molecule has 0 spiro atoms. The highest BCUT2D eigenvalue weighted by molar-refractivity contribution is 9.10. The number of benzene rings is 1. The molecule has 1 unspecified atom stereocenters. The summed E-state index contributed by atoms with van der Waals surface area (Å²) in [5.74, 6) is -0.401.